The number of carboxylic acids is 1. The molecule has 0 aromatic carbocycles. The van der Waals surface area contributed by atoms with Gasteiger partial charge in [0.25, 0.3) is 0 Å². The maximum absolute atomic E-state index is 12.2. The normalized spacial score (nSPS) is 26.5. The summed E-state index contributed by atoms with van der Waals surface area (Å²) in [5.41, 5.74) is -1.17. The van der Waals surface area contributed by atoms with E-state index in [1.54, 1.807) is 34.7 Å². The number of hydrogen-bond donors (Lipinski definition) is 2. The standard InChI is InChI=1S/C12H21NO4/c1-11(2,6-14)13(5)9(15)7-8(10(16)17)12(7,3)4/h7-8,14H,6H2,1-5H3,(H,16,17). The van der Waals surface area contributed by atoms with Gasteiger partial charge in [-0.05, 0) is 19.3 Å². The summed E-state index contributed by atoms with van der Waals surface area (Å²) in [6.07, 6.45) is 0. The Morgan fingerprint density at radius 1 is 1.29 bits per heavy atom. The van der Waals surface area contributed by atoms with Crippen LogP contribution in [0, 0.1) is 17.3 Å². The molecule has 98 valence electrons. The van der Waals surface area contributed by atoms with Crippen LogP contribution in [0.1, 0.15) is 27.7 Å². The number of rotatable bonds is 4. The SMILES string of the molecule is CN(C(=O)C1C(C(=O)O)C1(C)C)C(C)(C)CO. The van der Waals surface area contributed by atoms with Crippen molar-refractivity contribution in [1.29, 1.82) is 0 Å². The second-order valence-corrected chi connectivity index (χ2v) is 5.98. The zero-order valence-corrected chi connectivity index (χ0v) is 11.0. The number of amides is 1. The van der Waals surface area contributed by atoms with Crippen molar-refractivity contribution in [3.8, 4) is 0 Å². The van der Waals surface area contributed by atoms with Gasteiger partial charge in [-0.1, -0.05) is 13.8 Å². The first-order chi connectivity index (χ1) is 7.57. The summed E-state index contributed by atoms with van der Waals surface area (Å²) in [6, 6.07) is 0. The number of aliphatic hydroxyl groups is 1. The maximum Gasteiger partial charge on any atom is 0.307 e. The Bertz CT molecular complexity index is 348. The molecule has 0 saturated heterocycles. The van der Waals surface area contributed by atoms with Gasteiger partial charge in [-0.15, -0.1) is 0 Å². The predicted octanol–water partition coefficient (Wildman–Crippen LogP) is 0.572. The highest BCUT2D eigenvalue weighted by Gasteiger charge is 2.66. The summed E-state index contributed by atoms with van der Waals surface area (Å²) >= 11 is 0. The monoisotopic (exact) mass is 243 g/mol. The van der Waals surface area contributed by atoms with Gasteiger partial charge in [-0.25, -0.2) is 0 Å². The van der Waals surface area contributed by atoms with E-state index in [2.05, 4.69) is 0 Å². The van der Waals surface area contributed by atoms with Crippen LogP contribution in [-0.4, -0.2) is 46.2 Å². The zero-order chi connectivity index (χ0) is 13.6. The van der Waals surface area contributed by atoms with Crippen LogP contribution in [0.3, 0.4) is 0 Å². The van der Waals surface area contributed by atoms with Crippen LogP contribution < -0.4 is 0 Å². The molecule has 0 heterocycles. The number of nitrogens with zero attached hydrogens (tertiary/aromatic N) is 1. The molecule has 0 aromatic rings. The van der Waals surface area contributed by atoms with Crippen LogP contribution in [0.2, 0.25) is 0 Å². The molecule has 2 atom stereocenters. The molecule has 2 unspecified atom stereocenters. The van der Waals surface area contributed by atoms with E-state index in [0.717, 1.165) is 0 Å². The molecule has 1 rings (SSSR count). The molecular weight excluding hydrogens is 222 g/mol. The van der Waals surface area contributed by atoms with E-state index in [1.807, 2.05) is 0 Å². The van der Waals surface area contributed by atoms with Gasteiger partial charge in [-0.3, -0.25) is 9.59 Å². The van der Waals surface area contributed by atoms with Gasteiger partial charge in [0.2, 0.25) is 5.91 Å². The van der Waals surface area contributed by atoms with E-state index in [1.165, 1.54) is 4.90 Å². The quantitative estimate of drug-likeness (QED) is 0.757. The molecule has 5 heteroatoms. The molecule has 2 N–H and O–H groups in total. The Morgan fingerprint density at radius 3 is 2.06 bits per heavy atom. The predicted molar refractivity (Wildman–Crippen MR) is 62.3 cm³/mol. The molecule has 17 heavy (non-hydrogen) atoms. The number of carboxylic acid groups (broad SMARTS) is 1. The fraction of sp³-hybridized carbons (Fsp3) is 0.833. The van der Waals surface area contributed by atoms with Crippen LogP contribution in [0.15, 0.2) is 0 Å². The number of aliphatic carboxylic acids is 1. The third-order valence-electron chi connectivity index (χ3n) is 3.98. The average Bonchev–Trinajstić information content (AvgIpc) is 2.79. The first-order valence-corrected chi connectivity index (χ1v) is 5.68. The topological polar surface area (TPSA) is 77.8 Å². The number of carbonyl (C=O) groups excluding carboxylic acids is 1. The number of carbonyl (C=O) groups is 2. The summed E-state index contributed by atoms with van der Waals surface area (Å²) in [6.45, 7) is 6.91. The van der Waals surface area contributed by atoms with Gasteiger partial charge < -0.3 is 15.1 Å². The van der Waals surface area contributed by atoms with Crippen molar-refractivity contribution in [2.24, 2.45) is 17.3 Å². The summed E-state index contributed by atoms with van der Waals surface area (Å²) in [7, 11) is 1.60. The number of likely N-dealkylation sites (N-methyl/N-ethyl adjacent to an activating group) is 1. The molecule has 0 aliphatic heterocycles. The highest BCUT2D eigenvalue weighted by Crippen LogP contribution is 2.59. The lowest BCUT2D eigenvalue weighted by atomic mass is 10.0. The van der Waals surface area contributed by atoms with E-state index >= 15 is 0 Å². The van der Waals surface area contributed by atoms with Gasteiger partial charge in [0.05, 0.1) is 24.0 Å². The van der Waals surface area contributed by atoms with Crippen molar-refractivity contribution in [2.45, 2.75) is 33.2 Å². The maximum atomic E-state index is 12.2. The molecular formula is C12H21NO4. The van der Waals surface area contributed by atoms with Crippen LogP contribution in [0.25, 0.3) is 0 Å². The Kier molecular flexibility index (Phi) is 3.27. The Balaban J connectivity index is 2.84. The van der Waals surface area contributed by atoms with Crippen molar-refractivity contribution >= 4 is 11.9 Å². The minimum absolute atomic E-state index is 0.153. The largest absolute Gasteiger partial charge is 0.481 e. The van der Waals surface area contributed by atoms with E-state index in [4.69, 9.17) is 5.11 Å². The van der Waals surface area contributed by atoms with Gasteiger partial charge in [-0.2, -0.15) is 0 Å². The molecule has 5 nitrogen and oxygen atoms in total. The van der Waals surface area contributed by atoms with Gasteiger partial charge in [0, 0.05) is 7.05 Å². The molecule has 0 aromatic heterocycles. The van der Waals surface area contributed by atoms with Crippen LogP contribution in [-0.2, 0) is 9.59 Å². The van der Waals surface area contributed by atoms with E-state index in [9.17, 15) is 14.7 Å². The second-order valence-electron chi connectivity index (χ2n) is 5.98. The van der Waals surface area contributed by atoms with Crippen molar-refractivity contribution in [3.05, 3.63) is 0 Å². The van der Waals surface area contributed by atoms with Crippen molar-refractivity contribution < 1.29 is 19.8 Å². The van der Waals surface area contributed by atoms with Gasteiger partial charge in [0.1, 0.15) is 0 Å². The van der Waals surface area contributed by atoms with E-state index in [0.29, 0.717) is 0 Å². The fourth-order valence-electron chi connectivity index (χ4n) is 2.17. The smallest absolute Gasteiger partial charge is 0.307 e. The van der Waals surface area contributed by atoms with Crippen LogP contribution >= 0.6 is 0 Å². The van der Waals surface area contributed by atoms with Gasteiger partial charge in [0.15, 0.2) is 0 Å². The average molecular weight is 243 g/mol. The molecule has 0 bridgehead atoms. The Labute approximate surface area is 101 Å². The van der Waals surface area contributed by atoms with Crippen molar-refractivity contribution in [1.82, 2.24) is 4.90 Å². The number of aliphatic hydroxyl groups excluding tert-OH is 1. The van der Waals surface area contributed by atoms with E-state index < -0.39 is 28.8 Å². The lowest BCUT2D eigenvalue weighted by Gasteiger charge is -2.34. The lowest BCUT2D eigenvalue weighted by molar-refractivity contribution is -0.143. The first kappa shape index (κ1) is 14.0. The highest BCUT2D eigenvalue weighted by molar-refractivity contribution is 5.91. The van der Waals surface area contributed by atoms with Gasteiger partial charge >= 0.3 is 5.97 Å². The number of hydrogen-bond acceptors (Lipinski definition) is 3. The van der Waals surface area contributed by atoms with Crippen LogP contribution in [0.4, 0.5) is 0 Å². The molecule has 1 saturated carbocycles. The zero-order valence-electron chi connectivity index (χ0n) is 11.0. The Hall–Kier alpha value is -1.10. The molecule has 0 radical (unpaired) electrons. The minimum Gasteiger partial charge on any atom is -0.481 e. The molecule has 1 amide bonds. The molecule has 1 aliphatic carbocycles. The third-order valence-corrected chi connectivity index (χ3v) is 3.98. The second kappa shape index (κ2) is 3.98. The molecule has 0 spiro atoms. The summed E-state index contributed by atoms with van der Waals surface area (Å²) < 4.78 is 0. The fourth-order valence-corrected chi connectivity index (χ4v) is 2.17. The van der Waals surface area contributed by atoms with Crippen molar-refractivity contribution in [3.63, 3.8) is 0 Å². The first-order valence-electron chi connectivity index (χ1n) is 5.68. The van der Waals surface area contributed by atoms with E-state index in [-0.39, 0.29) is 12.5 Å². The third kappa shape index (κ3) is 2.16. The molecule has 1 aliphatic rings. The summed E-state index contributed by atoms with van der Waals surface area (Å²) in [5, 5.41) is 18.2. The van der Waals surface area contributed by atoms with Crippen LogP contribution in [0.5, 0.6) is 0 Å². The molecule has 1 fully saturated rings. The lowest BCUT2D eigenvalue weighted by Crippen LogP contribution is -2.48. The Morgan fingerprint density at radius 2 is 1.76 bits per heavy atom. The summed E-state index contributed by atoms with van der Waals surface area (Å²) in [4.78, 5) is 24.7. The minimum atomic E-state index is -0.927. The summed E-state index contributed by atoms with van der Waals surface area (Å²) in [5.74, 6) is -2.24. The van der Waals surface area contributed by atoms with Crippen molar-refractivity contribution in [2.75, 3.05) is 13.7 Å². The highest BCUT2D eigenvalue weighted by atomic mass is 16.4.